The van der Waals surface area contributed by atoms with Crippen LogP contribution in [0.2, 0.25) is 0 Å². The third-order valence-corrected chi connectivity index (χ3v) is 5.96. The third kappa shape index (κ3) is 4.53. The van der Waals surface area contributed by atoms with Gasteiger partial charge in [0.1, 0.15) is 11.5 Å². The van der Waals surface area contributed by atoms with Crippen LogP contribution < -0.4 is 15.6 Å². The quantitative estimate of drug-likeness (QED) is 0.419. The summed E-state index contributed by atoms with van der Waals surface area (Å²) in [5.74, 6) is 5.34. The van der Waals surface area contributed by atoms with E-state index in [1.807, 2.05) is 25.1 Å². The van der Waals surface area contributed by atoms with Crippen LogP contribution in [-0.4, -0.2) is 78.4 Å². The van der Waals surface area contributed by atoms with Crippen molar-refractivity contribution in [2.24, 2.45) is 26.8 Å². The molecule has 9 heteroatoms. The number of benzene rings is 1. The Kier molecular flexibility index (Phi) is 5.93. The Morgan fingerprint density at radius 2 is 1.90 bits per heavy atom. The van der Waals surface area contributed by atoms with E-state index in [9.17, 15) is 0 Å². The van der Waals surface area contributed by atoms with Gasteiger partial charge in [0.2, 0.25) is 0 Å². The van der Waals surface area contributed by atoms with Crippen molar-refractivity contribution in [2.75, 3.05) is 70.0 Å². The molecule has 31 heavy (non-hydrogen) atoms. The number of nitrogens with two attached hydrogens (primary N) is 1. The van der Waals surface area contributed by atoms with E-state index in [2.05, 4.69) is 28.8 Å². The van der Waals surface area contributed by atoms with Gasteiger partial charge in [-0.15, -0.1) is 0 Å². The largest absolute Gasteiger partial charge is 0.380 e. The Bertz CT molecular complexity index is 864. The second-order valence-corrected chi connectivity index (χ2v) is 9.79. The van der Waals surface area contributed by atoms with Crippen LogP contribution in [0, 0.1) is 16.6 Å². The van der Waals surface area contributed by atoms with Crippen molar-refractivity contribution < 1.29 is 18.6 Å². The molecule has 4 rings (SSSR count). The fraction of sp³-hybridized carbons (Fsp3) is 0.636. The fourth-order valence-electron chi connectivity index (χ4n) is 4.11. The second-order valence-electron chi connectivity index (χ2n) is 9.79. The molecule has 0 aromatic heterocycles. The van der Waals surface area contributed by atoms with Crippen LogP contribution in [0.1, 0.15) is 19.4 Å². The van der Waals surface area contributed by atoms with Crippen molar-refractivity contribution >= 4 is 23.3 Å². The average molecular weight is 434 g/mol. The minimum Gasteiger partial charge on any atom is -0.380 e. The maximum absolute atomic E-state index is 15.0. The van der Waals surface area contributed by atoms with Crippen LogP contribution in [0.15, 0.2) is 22.2 Å². The zero-order valence-electron chi connectivity index (χ0n) is 18.7. The first-order valence-corrected chi connectivity index (χ1v) is 10.6. The van der Waals surface area contributed by atoms with Crippen molar-refractivity contribution in [1.29, 1.82) is 0 Å². The van der Waals surface area contributed by atoms with E-state index >= 15 is 4.39 Å². The molecule has 2 N–H and O–H groups in total. The molecule has 3 aliphatic rings. The minimum absolute atomic E-state index is 0.00570. The summed E-state index contributed by atoms with van der Waals surface area (Å²) in [4.78, 5) is 8.37. The molecule has 0 atom stereocenters. The highest BCUT2D eigenvalue weighted by Gasteiger charge is 2.49. The molecule has 8 nitrogen and oxygen atoms in total. The van der Waals surface area contributed by atoms with E-state index in [0.29, 0.717) is 36.7 Å². The number of ether oxygens (including phenoxy) is 3. The Labute approximate surface area is 182 Å². The normalized spacial score (nSPS) is 23.1. The minimum atomic E-state index is -0.398. The van der Waals surface area contributed by atoms with Gasteiger partial charge in [-0.1, -0.05) is 13.8 Å². The summed E-state index contributed by atoms with van der Waals surface area (Å²) >= 11 is 0. The van der Waals surface area contributed by atoms with Crippen LogP contribution in [0.4, 0.5) is 15.8 Å². The van der Waals surface area contributed by atoms with Gasteiger partial charge >= 0.3 is 0 Å². The monoisotopic (exact) mass is 433 g/mol. The summed E-state index contributed by atoms with van der Waals surface area (Å²) in [7, 11) is 3.82. The number of aliphatic imine (C=N–C) groups is 1. The van der Waals surface area contributed by atoms with Gasteiger partial charge in [0.05, 0.1) is 44.1 Å². The number of hydrogen-bond acceptors (Lipinski definition) is 8. The molecule has 0 aliphatic carbocycles. The summed E-state index contributed by atoms with van der Waals surface area (Å²) in [6, 6.07) is 3.34. The Morgan fingerprint density at radius 3 is 2.45 bits per heavy atom. The summed E-state index contributed by atoms with van der Waals surface area (Å²) in [6.45, 7) is 8.89. The molecule has 0 amide bonds. The summed E-state index contributed by atoms with van der Waals surface area (Å²) in [6.07, 6.45) is 1.16. The maximum atomic E-state index is 15.0. The van der Waals surface area contributed by atoms with E-state index in [4.69, 9.17) is 20.1 Å². The van der Waals surface area contributed by atoms with Gasteiger partial charge in [-0.25, -0.2) is 4.39 Å². The fourth-order valence-corrected chi connectivity index (χ4v) is 4.11. The lowest BCUT2D eigenvalue weighted by Gasteiger charge is -2.56. The second kappa shape index (κ2) is 8.37. The van der Waals surface area contributed by atoms with E-state index in [0.717, 1.165) is 32.0 Å². The molecule has 3 fully saturated rings. The molecular formula is C22H32FN5O3. The number of anilines is 2. The van der Waals surface area contributed by atoms with Gasteiger partial charge in [0, 0.05) is 50.1 Å². The summed E-state index contributed by atoms with van der Waals surface area (Å²) in [5.41, 5.74) is 2.61. The molecule has 1 aromatic carbocycles. The first kappa shape index (κ1) is 22.0. The Balaban J connectivity index is 1.48. The Hall–Kier alpha value is -2.23. The average Bonchev–Trinajstić information content (AvgIpc) is 2.65. The smallest absolute Gasteiger partial charge is 0.176 e. The predicted octanol–water partition coefficient (Wildman–Crippen LogP) is 1.86. The van der Waals surface area contributed by atoms with Crippen LogP contribution in [0.25, 0.3) is 0 Å². The van der Waals surface area contributed by atoms with Gasteiger partial charge in [0.15, 0.2) is 6.29 Å². The van der Waals surface area contributed by atoms with Crippen LogP contribution >= 0.6 is 0 Å². The lowest BCUT2D eigenvalue weighted by Crippen LogP contribution is -2.66. The van der Waals surface area contributed by atoms with Crippen LogP contribution in [-0.2, 0) is 14.2 Å². The lowest BCUT2D eigenvalue weighted by molar-refractivity contribution is -0.215. The molecule has 170 valence electrons. The van der Waals surface area contributed by atoms with Crippen molar-refractivity contribution in [3.63, 3.8) is 0 Å². The first-order valence-electron chi connectivity index (χ1n) is 10.6. The number of hydrazone groups is 1. The van der Waals surface area contributed by atoms with Crippen molar-refractivity contribution in [3.05, 3.63) is 23.5 Å². The van der Waals surface area contributed by atoms with Crippen molar-refractivity contribution in [3.8, 4) is 0 Å². The number of nitrogens with zero attached hydrogens (tertiary/aromatic N) is 4. The number of halogens is 1. The molecule has 0 unspecified atom stereocenters. The van der Waals surface area contributed by atoms with E-state index in [1.165, 1.54) is 6.07 Å². The van der Waals surface area contributed by atoms with Gasteiger partial charge in [-0.3, -0.25) is 4.99 Å². The molecule has 3 heterocycles. The highest BCUT2D eigenvalue weighted by Crippen LogP contribution is 2.42. The highest BCUT2D eigenvalue weighted by molar-refractivity contribution is 6.39. The van der Waals surface area contributed by atoms with E-state index in [-0.39, 0.29) is 16.6 Å². The Morgan fingerprint density at radius 1 is 1.23 bits per heavy atom. The van der Waals surface area contributed by atoms with Crippen LogP contribution in [0.5, 0.6) is 0 Å². The van der Waals surface area contributed by atoms with Gasteiger partial charge in [0.25, 0.3) is 0 Å². The summed E-state index contributed by atoms with van der Waals surface area (Å²) < 4.78 is 31.8. The molecular weight excluding hydrogens is 401 g/mol. The third-order valence-electron chi connectivity index (χ3n) is 5.96. The molecule has 1 aromatic rings. The molecule has 0 bridgehead atoms. The lowest BCUT2D eigenvalue weighted by atomic mass is 9.77. The molecule has 3 aliphatic heterocycles. The van der Waals surface area contributed by atoms with Gasteiger partial charge in [-0.2, -0.15) is 5.10 Å². The van der Waals surface area contributed by atoms with Gasteiger partial charge < -0.3 is 29.9 Å². The molecule has 0 saturated carbocycles. The highest BCUT2D eigenvalue weighted by atomic mass is 19.1. The molecule has 3 saturated heterocycles. The van der Waals surface area contributed by atoms with E-state index in [1.54, 1.807) is 6.21 Å². The predicted molar refractivity (Wildman–Crippen MR) is 120 cm³/mol. The zero-order chi connectivity index (χ0) is 22.2. The molecule has 1 spiro atoms. The topological polar surface area (TPSA) is 84.9 Å². The van der Waals surface area contributed by atoms with Gasteiger partial charge in [-0.05, 0) is 12.1 Å². The van der Waals surface area contributed by atoms with Crippen LogP contribution in [0.3, 0.4) is 0 Å². The molecule has 0 radical (unpaired) electrons. The summed E-state index contributed by atoms with van der Waals surface area (Å²) in [5, 5.41) is 3.86. The first-order chi connectivity index (χ1) is 14.7. The standard InChI is InChI=1S/C22H32FN5O3/c1-21(2)11-30-20(31-12-21)8-25-7-17(26-24)15-5-16(23)19(6-18(15)27(3)4)28-9-22(10-28)13-29-14-22/h5-7,20H,8-14,24H2,1-4H3/b25-7?,26-17+. The van der Waals surface area contributed by atoms with Crippen molar-refractivity contribution in [1.82, 2.24) is 0 Å². The number of hydrogen-bond donors (Lipinski definition) is 1. The SMILES string of the molecule is CN(C)c1cc(N2CC3(COC3)C2)c(F)cc1/C(C=NCC1OCC(C)(C)CO1)=N/N. The van der Waals surface area contributed by atoms with E-state index < -0.39 is 6.29 Å². The number of rotatable bonds is 6. The zero-order valence-corrected chi connectivity index (χ0v) is 18.7. The maximum Gasteiger partial charge on any atom is 0.176 e. The van der Waals surface area contributed by atoms with Crippen molar-refractivity contribution in [2.45, 2.75) is 20.1 Å².